The van der Waals surface area contributed by atoms with Crippen molar-refractivity contribution in [3.05, 3.63) is 68.4 Å². The van der Waals surface area contributed by atoms with Crippen molar-refractivity contribution in [3.63, 3.8) is 0 Å². The number of amides is 4. The van der Waals surface area contributed by atoms with E-state index in [1.165, 1.54) is 59.0 Å². The molecule has 0 unspecified atom stereocenters. The summed E-state index contributed by atoms with van der Waals surface area (Å²) in [6, 6.07) is 11.0. The molecule has 4 rings (SSSR count). The molecule has 2 aliphatic heterocycles. The molecular weight excluding hydrogens is 549 g/mol. The molecule has 2 aromatic rings. The number of rotatable bonds is 6. The molecule has 0 N–H and O–H groups in total. The molecule has 2 aliphatic rings. The van der Waals surface area contributed by atoms with Crippen LogP contribution < -0.4 is 0 Å². The van der Waals surface area contributed by atoms with Crippen molar-refractivity contribution in [2.24, 2.45) is 0 Å². The topological polar surface area (TPSA) is 101 Å². The van der Waals surface area contributed by atoms with Crippen molar-refractivity contribution in [1.82, 2.24) is 19.8 Å². The number of pyridine rings is 2. The molecule has 12 heteroatoms. The van der Waals surface area contributed by atoms with Gasteiger partial charge in [-0.2, -0.15) is 0 Å². The molecular formula is C25H26N4O4S4. The lowest BCUT2D eigenvalue weighted by atomic mass is 10.1. The third-order valence-electron chi connectivity index (χ3n) is 4.97. The van der Waals surface area contributed by atoms with E-state index in [4.69, 9.17) is 0 Å². The average molecular weight is 575 g/mol. The fourth-order valence-electron chi connectivity index (χ4n) is 3.25. The number of nitrogens with zero attached hydrogens (tertiary/aromatic N) is 4. The fraction of sp³-hybridized carbons (Fsp3) is 0.280. The maximum atomic E-state index is 12.9. The van der Waals surface area contributed by atoms with Crippen LogP contribution >= 0.6 is 47.0 Å². The lowest BCUT2D eigenvalue weighted by Crippen LogP contribution is -2.46. The first kappa shape index (κ1) is 29.0. The lowest BCUT2D eigenvalue weighted by Gasteiger charge is -2.30. The zero-order valence-electron chi connectivity index (χ0n) is 21.2. The summed E-state index contributed by atoms with van der Waals surface area (Å²) >= 11 is 5.09. The molecule has 2 aromatic heterocycles. The minimum Gasteiger partial charge on any atom is -0.277 e. The number of hydrogen-bond donors (Lipinski definition) is 0. The zero-order valence-corrected chi connectivity index (χ0v) is 24.4. The Bertz CT molecular complexity index is 1190. The van der Waals surface area contributed by atoms with Gasteiger partial charge in [-0.15, -0.1) is 23.5 Å². The third-order valence-corrected chi connectivity index (χ3v) is 8.87. The second kappa shape index (κ2) is 12.3. The van der Waals surface area contributed by atoms with Gasteiger partial charge in [-0.1, -0.05) is 35.7 Å². The standard InChI is InChI=1S/C18H17N3O2S2.C7H9NO2S2/c1-18(2,3)21-16(22)14(24-12-8-4-6-10-19-12)15(17(21)23)25-13-9-5-7-11-20-13;1-8-6(9)4(11-2)5(12-3)7(8)10/h4-11H,1-3H3;1-3H3. The molecule has 0 atom stereocenters. The van der Waals surface area contributed by atoms with E-state index in [0.717, 1.165) is 4.90 Å². The molecule has 0 fully saturated rings. The molecule has 0 aliphatic carbocycles. The van der Waals surface area contributed by atoms with Crippen LogP contribution in [0.15, 0.2) is 78.5 Å². The summed E-state index contributed by atoms with van der Waals surface area (Å²) in [6.07, 6.45) is 6.93. The van der Waals surface area contributed by atoms with Gasteiger partial charge in [-0.25, -0.2) is 9.97 Å². The highest BCUT2D eigenvalue weighted by Gasteiger charge is 2.45. The maximum Gasteiger partial charge on any atom is 0.269 e. The SMILES string of the molecule is CC(C)(C)N1C(=O)C(Sc2ccccn2)=C(Sc2ccccn2)C1=O.CSC1=C(SC)C(=O)N(C)C1=O. The summed E-state index contributed by atoms with van der Waals surface area (Å²) in [5, 5.41) is 1.35. The second-order valence-electron chi connectivity index (χ2n) is 8.55. The molecule has 0 saturated heterocycles. The Kier molecular flexibility index (Phi) is 9.68. The van der Waals surface area contributed by atoms with E-state index in [2.05, 4.69) is 9.97 Å². The second-order valence-corrected chi connectivity index (χ2v) is 12.2. The van der Waals surface area contributed by atoms with E-state index in [1.807, 2.05) is 57.2 Å². The first-order valence-corrected chi connectivity index (χ1v) is 15.0. The van der Waals surface area contributed by atoms with Crippen LogP contribution in [0.2, 0.25) is 0 Å². The highest BCUT2D eigenvalue weighted by Crippen LogP contribution is 2.43. The number of hydrogen-bond acceptors (Lipinski definition) is 10. The van der Waals surface area contributed by atoms with Gasteiger partial charge in [0.2, 0.25) is 0 Å². The Balaban J connectivity index is 0.000000266. The van der Waals surface area contributed by atoms with Crippen LogP contribution in [0, 0.1) is 0 Å². The molecule has 4 heterocycles. The number of thioether (sulfide) groups is 4. The summed E-state index contributed by atoms with van der Waals surface area (Å²) in [6.45, 7) is 5.54. The van der Waals surface area contributed by atoms with Crippen LogP contribution in [0.5, 0.6) is 0 Å². The van der Waals surface area contributed by atoms with Gasteiger partial charge in [0.25, 0.3) is 23.6 Å². The Morgan fingerprint density at radius 3 is 1.35 bits per heavy atom. The third kappa shape index (κ3) is 6.49. The van der Waals surface area contributed by atoms with Gasteiger partial charge in [0.15, 0.2) is 0 Å². The van der Waals surface area contributed by atoms with Gasteiger partial charge >= 0.3 is 0 Å². The molecule has 8 nitrogen and oxygen atoms in total. The van der Waals surface area contributed by atoms with Crippen molar-refractivity contribution >= 4 is 70.7 Å². The van der Waals surface area contributed by atoms with Gasteiger partial charge in [0, 0.05) is 25.0 Å². The van der Waals surface area contributed by atoms with Gasteiger partial charge in [-0.05, 0) is 57.5 Å². The lowest BCUT2D eigenvalue weighted by molar-refractivity contribution is -0.142. The van der Waals surface area contributed by atoms with Crippen molar-refractivity contribution < 1.29 is 19.2 Å². The quantitative estimate of drug-likeness (QED) is 0.453. The van der Waals surface area contributed by atoms with E-state index < -0.39 is 5.54 Å². The minimum atomic E-state index is -0.601. The van der Waals surface area contributed by atoms with Crippen LogP contribution in [0.25, 0.3) is 0 Å². The van der Waals surface area contributed by atoms with Crippen molar-refractivity contribution in [2.45, 2.75) is 36.4 Å². The number of aromatic nitrogens is 2. The number of likely N-dealkylation sites (N-methyl/N-ethyl adjacent to an activating group) is 1. The van der Waals surface area contributed by atoms with Gasteiger partial charge in [0.1, 0.15) is 10.1 Å². The van der Waals surface area contributed by atoms with Crippen LogP contribution in [0.1, 0.15) is 20.8 Å². The summed E-state index contributed by atoms with van der Waals surface area (Å²) in [5.74, 6) is -0.938. The van der Waals surface area contributed by atoms with Crippen molar-refractivity contribution in [1.29, 1.82) is 0 Å². The van der Waals surface area contributed by atoms with E-state index in [1.54, 1.807) is 24.9 Å². The Morgan fingerprint density at radius 1 is 0.649 bits per heavy atom. The van der Waals surface area contributed by atoms with E-state index in [-0.39, 0.29) is 23.6 Å². The predicted octanol–water partition coefficient (Wildman–Crippen LogP) is 4.66. The van der Waals surface area contributed by atoms with Gasteiger partial charge in [0.05, 0.1) is 19.6 Å². The Hall–Kier alpha value is -2.54. The predicted molar refractivity (Wildman–Crippen MR) is 151 cm³/mol. The van der Waals surface area contributed by atoms with E-state index in [0.29, 0.717) is 29.7 Å². The summed E-state index contributed by atoms with van der Waals surface area (Å²) in [4.78, 5) is 61.4. The summed E-state index contributed by atoms with van der Waals surface area (Å²) < 4.78 is 0. The summed E-state index contributed by atoms with van der Waals surface area (Å²) in [7, 11) is 1.50. The van der Waals surface area contributed by atoms with Crippen LogP contribution in [0.4, 0.5) is 0 Å². The summed E-state index contributed by atoms with van der Waals surface area (Å²) in [5.41, 5.74) is -0.601. The highest BCUT2D eigenvalue weighted by atomic mass is 32.2. The normalized spacial score (nSPS) is 16.2. The average Bonchev–Trinajstić information content (AvgIpc) is 3.23. The molecule has 0 radical (unpaired) electrons. The molecule has 0 bridgehead atoms. The van der Waals surface area contributed by atoms with Gasteiger partial charge in [-0.3, -0.25) is 29.0 Å². The molecule has 0 aromatic carbocycles. The first-order valence-electron chi connectivity index (χ1n) is 11.0. The number of carbonyl (C=O) groups excluding carboxylic acids is 4. The molecule has 0 saturated carbocycles. The largest absolute Gasteiger partial charge is 0.277 e. The van der Waals surface area contributed by atoms with Crippen molar-refractivity contribution in [3.8, 4) is 0 Å². The number of imide groups is 2. The molecule has 37 heavy (non-hydrogen) atoms. The van der Waals surface area contributed by atoms with Crippen molar-refractivity contribution in [2.75, 3.05) is 19.6 Å². The molecule has 0 spiro atoms. The van der Waals surface area contributed by atoms with E-state index in [9.17, 15) is 19.2 Å². The van der Waals surface area contributed by atoms with Crippen LogP contribution in [-0.2, 0) is 19.2 Å². The minimum absolute atomic E-state index is 0.183. The van der Waals surface area contributed by atoms with E-state index >= 15 is 0 Å². The smallest absolute Gasteiger partial charge is 0.269 e. The molecule has 194 valence electrons. The Labute approximate surface area is 233 Å². The number of carbonyl (C=O) groups is 4. The Morgan fingerprint density at radius 2 is 1.05 bits per heavy atom. The fourth-order valence-corrected chi connectivity index (χ4v) is 6.83. The monoisotopic (exact) mass is 574 g/mol. The highest BCUT2D eigenvalue weighted by molar-refractivity contribution is 8.08. The van der Waals surface area contributed by atoms with Gasteiger partial charge < -0.3 is 0 Å². The molecule has 4 amide bonds. The first-order chi connectivity index (χ1) is 17.5. The maximum absolute atomic E-state index is 12.9. The van der Waals surface area contributed by atoms with Crippen LogP contribution in [0.3, 0.4) is 0 Å². The zero-order chi connectivity index (χ0) is 27.3. The van der Waals surface area contributed by atoms with Crippen LogP contribution in [-0.4, -0.2) is 68.5 Å².